The molecular formula is C49H37N3O. The molecule has 0 saturated carbocycles. The molecule has 0 spiro atoms. The minimum atomic E-state index is -0.194. The van der Waals surface area contributed by atoms with Gasteiger partial charge in [0.2, 0.25) is 0 Å². The molecule has 8 aromatic carbocycles. The zero-order valence-electron chi connectivity index (χ0n) is 29.0. The molecule has 0 radical (unpaired) electrons. The molecule has 0 amide bonds. The number of benzene rings is 8. The van der Waals surface area contributed by atoms with E-state index < -0.39 is 0 Å². The van der Waals surface area contributed by atoms with Crippen molar-refractivity contribution in [3.8, 4) is 33.4 Å². The largest absolute Gasteiger partial charge is 0.456 e. The lowest BCUT2D eigenvalue weighted by Crippen LogP contribution is -2.54. The molecule has 3 N–H and O–H groups in total. The van der Waals surface area contributed by atoms with E-state index in [2.05, 4.69) is 198 Å². The Hall–Kier alpha value is -6.30. The summed E-state index contributed by atoms with van der Waals surface area (Å²) < 4.78 is 6.57. The minimum Gasteiger partial charge on any atom is -0.456 e. The van der Waals surface area contributed by atoms with Gasteiger partial charge in [0.15, 0.2) is 0 Å². The van der Waals surface area contributed by atoms with E-state index in [1.807, 2.05) is 6.07 Å². The topological polar surface area (TPSA) is 49.2 Å². The van der Waals surface area contributed by atoms with Gasteiger partial charge in [-0.3, -0.25) is 16.0 Å². The monoisotopic (exact) mass is 683 g/mol. The lowest BCUT2D eigenvalue weighted by atomic mass is 9.94. The molecule has 53 heavy (non-hydrogen) atoms. The molecule has 254 valence electrons. The predicted octanol–water partition coefficient (Wildman–Crippen LogP) is 11.9. The quantitative estimate of drug-likeness (QED) is 0.163. The van der Waals surface area contributed by atoms with Crippen molar-refractivity contribution in [2.75, 3.05) is 0 Å². The molecule has 4 nitrogen and oxygen atoms in total. The number of furan rings is 1. The summed E-state index contributed by atoms with van der Waals surface area (Å²) in [7, 11) is 0. The van der Waals surface area contributed by atoms with Crippen LogP contribution in [0.3, 0.4) is 0 Å². The molecule has 1 aliphatic rings. The maximum Gasteiger partial charge on any atom is 0.136 e. The van der Waals surface area contributed by atoms with Crippen molar-refractivity contribution in [2.24, 2.45) is 0 Å². The average Bonchev–Trinajstić information content (AvgIpc) is 3.62. The van der Waals surface area contributed by atoms with Crippen molar-refractivity contribution in [1.29, 1.82) is 0 Å². The summed E-state index contributed by atoms with van der Waals surface area (Å²) in [6, 6.07) is 67.0. The van der Waals surface area contributed by atoms with Crippen LogP contribution in [0.5, 0.6) is 0 Å². The Bertz CT molecular complexity index is 2700. The highest BCUT2D eigenvalue weighted by atomic mass is 16.3. The van der Waals surface area contributed by atoms with Crippen LogP contribution in [0.2, 0.25) is 0 Å². The zero-order valence-corrected chi connectivity index (χ0v) is 29.0. The second-order valence-corrected chi connectivity index (χ2v) is 13.9. The van der Waals surface area contributed by atoms with Crippen molar-refractivity contribution in [2.45, 2.75) is 18.5 Å². The van der Waals surface area contributed by atoms with Crippen molar-refractivity contribution in [3.05, 3.63) is 205 Å². The van der Waals surface area contributed by atoms with Gasteiger partial charge in [-0.15, -0.1) is 0 Å². The number of hydrogen-bond donors (Lipinski definition) is 3. The minimum absolute atomic E-state index is 0.102. The maximum absolute atomic E-state index is 6.57. The van der Waals surface area contributed by atoms with E-state index in [1.54, 1.807) is 0 Å². The van der Waals surface area contributed by atoms with Gasteiger partial charge in [-0.05, 0) is 85.1 Å². The maximum atomic E-state index is 6.57. The Morgan fingerprint density at radius 1 is 0.340 bits per heavy atom. The van der Waals surface area contributed by atoms with Crippen LogP contribution in [0.25, 0.3) is 66.1 Å². The molecule has 3 unspecified atom stereocenters. The third-order valence-corrected chi connectivity index (χ3v) is 10.6. The Labute approximate surface area is 308 Å². The van der Waals surface area contributed by atoms with E-state index >= 15 is 0 Å². The number of hydrogen-bond acceptors (Lipinski definition) is 4. The first kappa shape index (κ1) is 31.4. The summed E-state index contributed by atoms with van der Waals surface area (Å²) in [5.41, 5.74) is 12.4. The molecule has 10 rings (SSSR count). The van der Waals surface area contributed by atoms with E-state index in [0.29, 0.717) is 0 Å². The number of fused-ring (bicyclic) bond motifs is 4. The lowest BCUT2D eigenvalue weighted by molar-refractivity contribution is 0.204. The van der Waals surface area contributed by atoms with E-state index in [1.165, 1.54) is 44.2 Å². The Kier molecular flexibility index (Phi) is 7.92. The third-order valence-electron chi connectivity index (χ3n) is 10.6. The first-order valence-electron chi connectivity index (χ1n) is 18.3. The van der Waals surface area contributed by atoms with Gasteiger partial charge in [-0.1, -0.05) is 164 Å². The van der Waals surface area contributed by atoms with Gasteiger partial charge < -0.3 is 4.42 Å². The molecule has 4 heteroatoms. The molecule has 0 bridgehead atoms. The molecule has 0 aliphatic carbocycles. The van der Waals surface area contributed by atoms with E-state index in [9.17, 15) is 0 Å². The van der Waals surface area contributed by atoms with Gasteiger partial charge in [0.05, 0.1) is 18.5 Å². The molecule has 1 fully saturated rings. The lowest BCUT2D eigenvalue weighted by Gasteiger charge is -2.40. The summed E-state index contributed by atoms with van der Waals surface area (Å²) in [4.78, 5) is 0. The Balaban J connectivity index is 1.04. The number of para-hydroxylation sites is 1. The van der Waals surface area contributed by atoms with Crippen LogP contribution in [0.1, 0.15) is 35.2 Å². The van der Waals surface area contributed by atoms with Crippen LogP contribution in [0, 0.1) is 0 Å². The van der Waals surface area contributed by atoms with Crippen molar-refractivity contribution in [1.82, 2.24) is 16.0 Å². The first-order valence-corrected chi connectivity index (χ1v) is 18.3. The van der Waals surface area contributed by atoms with Crippen LogP contribution >= 0.6 is 0 Å². The number of rotatable bonds is 6. The molecular weight excluding hydrogens is 647 g/mol. The van der Waals surface area contributed by atoms with Gasteiger partial charge in [0.25, 0.3) is 0 Å². The fourth-order valence-corrected chi connectivity index (χ4v) is 7.86. The first-order chi connectivity index (χ1) is 26.2. The van der Waals surface area contributed by atoms with Gasteiger partial charge >= 0.3 is 0 Å². The van der Waals surface area contributed by atoms with Gasteiger partial charge in [0, 0.05) is 10.8 Å². The summed E-state index contributed by atoms with van der Waals surface area (Å²) >= 11 is 0. The fraction of sp³-hybridized carbons (Fsp3) is 0.0612. The molecule has 1 aromatic heterocycles. The smallest absolute Gasteiger partial charge is 0.136 e. The summed E-state index contributed by atoms with van der Waals surface area (Å²) in [5, 5.41) is 16.4. The van der Waals surface area contributed by atoms with Crippen LogP contribution in [-0.4, -0.2) is 0 Å². The molecule has 1 aliphatic heterocycles. The van der Waals surface area contributed by atoms with Crippen LogP contribution in [-0.2, 0) is 0 Å². The summed E-state index contributed by atoms with van der Waals surface area (Å²) in [6.07, 6.45) is -0.422. The van der Waals surface area contributed by atoms with Crippen LogP contribution < -0.4 is 16.0 Å². The highest BCUT2D eigenvalue weighted by Gasteiger charge is 2.32. The fourth-order valence-electron chi connectivity index (χ4n) is 7.86. The molecule has 1 saturated heterocycles. The van der Waals surface area contributed by atoms with E-state index in [4.69, 9.17) is 4.42 Å². The molecule has 2 heterocycles. The van der Waals surface area contributed by atoms with Gasteiger partial charge in [-0.25, -0.2) is 0 Å². The Morgan fingerprint density at radius 3 is 1.58 bits per heavy atom. The van der Waals surface area contributed by atoms with E-state index in [-0.39, 0.29) is 18.5 Å². The molecule has 9 aromatic rings. The van der Waals surface area contributed by atoms with Crippen molar-refractivity contribution >= 4 is 32.7 Å². The normalized spacial score (nSPS) is 17.4. The highest BCUT2D eigenvalue weighted by Crippen LogP contribution is 2.40. The van der Waals surface area contributed by atoms with Crippen molar-refractivity contribution in [3.63, 3.8) is 0 Å². The third kappa shape index (κ3) is 5.99. The van der Waals surface area contributed by atoms with Gasteiger partial charge in [-0.2, -0.15) is 0 Å². The second-order valence-electron chi connectivity index (χ2n) is 13.9. The van der Waals surface area contributed by atoms with Gasteiger partial charge in [0.1, 0.15) is 11.2 Å². The summed E-state index contributed by atoms with van der Waals surface area (Å²) in [5.74, 6) is 0. The predicted molar refractivity (Wildman–Crippen MR) is 218 cm³/mol. The Morgan fingerprint density at radius 2 is 0.868 bits per heavy atom. The van der Waals surface area contributed by atoms with Crippen LogP contribution in [0.15, 0.2) is 192 Å². The van der Waals surface area contributed by atoms with Crippen molar-refractivity contribution < 1.29 is 4.42 Å². The average molecular weight is 684 g/mol. The number of nitrogens with one attached hydrogen (secondary N) is 3. The SMILES string of the molecule is c1ccc(-c2ccc(-c3ccc(C4NC(c5ccccc5)NC(c5cc(-c6ccc7ccccc7c6)cc6oc7ccccc7c56)N4)cc3)cc2)cc1. The zero-order chi connectivity index (χ0) is 35.1. The highest BCUT2D eigenvalue weighted by molar-refractivity contribution is 6.08. The second kappa shape index (κ2) is 13.4. The molecule has 3 atom stereocenters. The standard InChI is InChI=1S/C49H37N3O/c1-3-11-32(12-4-1)34-19-21-35(22-20-34)36-23-26-38(27-24-36)48-50-47(37-14-5-2-6-15-37)51-49(52-48)43-30-41(40-28-25-33-13-7-8-16-39(33)29-40)31-45-46(43)42-17-9-10-18-44(42)53-45/h1-31,47-52H. The van der Waals surface area contributed by atoms with E-state index in [0.717, 1.165) is 38.6 Å². The van der Waals surface area contributed by atoms with Crippen LogP contribution in [0.4, 0.5) is 0 Å². The summed E-state index contributed by atoms with van der Waals surface area (Å²) in [6.45, 7) is 0.